The Bertz CT molecular complexity index is 143. The molecule has 0 aliphatic rings. The molecule has 0 N–H and O–H groups in total. The molecule has 0 aromatic heterocycles. The molecule has 0 unspecified atom stereocenters. The van der Waals surface area contributed by atoms with Crippen molar-refractivity contribution < 1.29 is 4.57 Å². The Balaban J connectivity index is 4.11. The molecule has 0 heterocycles. The Kier molecular flexibility index (Phi) is 3.45. The van der Waals surface area contributed by atoms with Gasteiger partial charge < -0.3 is 0 Å². The van der Waals surface area contributed by atoms with Crippen LogP contribution in [0.1, 0.15) is 6.92 Å². The molecular weight excluding hydrogens is 189 g/mol. The van der Waals surface area contributed by atoms with Crippen LogP contribution >= 0.6 is 39.9 Å². The van der Waals surface area contributed by atoms with Gasteiger partial charge in [0.25, 0.3) is 5.85 Å². The first-order chi connectivity index (χ1) is 3.42. The molecule has 0 aliphatic heterocycles. The first-order valence-electron chi connectivity index (χ1n) is 1.76. The smallest absolute Gasteiger partial charge is 0.276 e. The SMILES string of the molecule is CC(Cl)=CP(=O)(Cl)Cl. The number of hydrogen-bond donors (Lipinski definition) is 0. The quantitative estimate of drug-likeness (QED) is 0.580. The second kappa shape index (κ2) is 3.12. The van der Waals surface area contributed by atoms with E-state index in [1.807, 2.05) is 0 Å². The molecule has 0 spiro atoms. The summed E-state index contributed by atoms with van der Waals surface area (Å²) in [6.45, 7) is 1.55. The minimum absolute atomic E-state index is 0.346. The molecule has 8 heavy (non-hydrogen) atoms. The molecule has 0 bridgehead atoms. The van der Waals surface area contributed by atoms with E-state index in [-0.39, 0.29) is 0 Å². The molecule has 0 amide bonds. The standard InChI is InChI=1S/C3H4Cl3OP/c1-3(4)2-8(5,6)7/h2H,1H3. The first kappa shape index (κ1) is 8.84. The van der Waals surface area contributed by atoms with Crippen molar-refractivity contribution in [3.8, 4) is 0 Å². The molecule has 48 valence electrons. The van der Waals surface area contributed by atoms with Crippen molar-refractivity contribution in [2.45, 2.75) is 6.92 Å². The van der Waals surface area contributed by atoms with E-state index in [0.29, 0.717) is 5.03 Å². The van der Waals surface area contributed by atoms with Crippen molar-refractivity contribution in [3.63, 3.8) is 0 Å². The molecule has 1 nitrogen and oxygen atoms in total. The van der Waals surface area contributed by atoms with Gasteiger partial charge in [0.1, 0.15) is 0 Å². The second-order valence-electron chi connectivity index (χ2n) is 1.22. The van der Waals surface area contributed by atoms with Gasteiger partial charge in [0.05, 0.1) is 0 Å². The Labute approximate surface area is 62.6 Å². The summed E-state index contributed by atoms with van der Waals surface area (Å²) in [5.74, 6) is -1.95. The zero-order valence-electron chi connectivity index (χ0n) is 4.07. The minimum Gasteiger partial charge on any atom is -0.285 e. The number of rotatable bonds is 1. The van der Waals surface area contributed by atoms with E-state index in [9.17, 15) is 4.57 Å². The summed E-state index contributed by atoms with van der Waals surface area (Å²) in [4.78, 5) is 0. The first-order valence-corrected chi connectivity index (χ1v) is 5.72. The van der Waals surface area contributed by atoms with Crippen molar-refractivity contribution in [3.05, 3.63) is 10.8 Å². The fraction of sp³-hybridized carbons (Fsp3) is 0.333. The van der Waals surface area contributed by atoms with Gasteiger partial charge in [-0.1, -0.05) is 11.6 Å². The Morgan fingerprint density at radius 2 is 2.00 bits per heavy atom. The molecule has 0 aromatic carbocycles. The fourth-order valence-electron chi connectivity index (χ4n) is 0.207. The maximum Gasteiger partial charge on any atom is 0.276 e. The predicted octanol–water partition coefficient (Wildman–Crippen LogP) is 3.76. The number of halogens is 3. The van der Waals surface area contributed by atoms with Gasteiger partial charge in [-0.3, -0.25) is 4.57 Å². The van der Waals surface area contributed by atoms with Gasteiger partial charge in [0.2, 0.25) is 0 Å². The van der Waals surface area contributed by atoms with Crippen LogP contribution in [0.2, 0.25) is 0 Å². The summed E-state index contributed by atoms with van der Waals surface area (Å²) in [6, 6.07) is 0. The monoisotopic (exact) mass is 192 g/mol. The van der Waals surface area contributed by atoms with E-state index < -0.39 is 5.85 Å². The third kappa shape index (κ3) is 6.84. The molecule has 0 saturated heterocycles. The highest BCUT2D eigenvalue weighted by atomic mass is 35.9. The Hall–Kier alpha value is 0.840. The zero-order chi connectivity index (χ0) is 6.78. The van der Waals surface area contributed by atoms with E-state index in [4.69, 9.17) is 34.1 Å². The topological polar surface area (TPSA) is 17.1 Å². The summed E-state index contributed by atoms with van der Waals surface area (Å²) < 4.78 is 10.4. The van der Waals surface area contributed by atoms with Crippen LogP contribution < -0.4 is 0 Å². The predicted molar refractivity (Wildman–Crippen MR) is 38.9 cm³/mol. The molecule has 0 fully saturated rings. The van der Waals surface area contributed by atoms with Gasteiger partial charge in [0.15, 0.2) is 0 Å². The summed E-state index contributed by atoms with van der Waals surface area (Å²) in [5.41, 5.74) is 0. The van der Waals surface area contributed by atoms with Crippen molar-refractivity contribution in [2.24, 2.45) is 0 Å². The molecule has 5 heteroatoms. The van der Waals surface area contributed by atoms with Crippen LogP contribution in [0.4, 0.5) is 0 Å². The van der Waals surface area contributed by atoms with Gasteiger partial charge in [-0.2, -0.15) is 0 Å². The average molecular weight is 193 g/mol. The Morgan fingerprint density at radius 1 is 1.62 bits per heavy atom. The highest BCUT2D eigenvalue weighted by molar-refractivity contribution is 8.10. The molecule has 0 rings (SSSR count). The van der Waals surface area contributed by atoms with Gasteiger partial charge in [-0.15, -0.1) is 0 Å². The Morgan fingerprint density at radius 3 is 2.00 bits per heavy atom. The number of hydrogen-bond acceptors (Lipinski definition) is 1. The fourth-order valence-corrected chi connectivity index (χ4v) is 2.21. The van der Waals surface area contributed by atoms with Crippen molar-refractivity contribution in [2.75, 3.05) is 0 Å². The average Bonchev–Trinajstić information content (AvgIpc) is 1.21. The van der Waals surface area contributed by atoms with Gasteiger partial charge in [-0.25, -0.2) is 0 Å². The van der Waals surface area contributed by atoms with Crippen LogP contribution in [0, 0.1) is 0 Å². The highest BCUT2D eigenvalue weighted by Gasteiger charge is 2.07. The van der Waals surface area contributed by atoms with Crippen LogP contribution in [-0.2, 0) is 4.57 Å². The normalized spacial score (nSPS) is 14.2. The van der Waals surface area contributed by atoms with Gasteiger partial charge in [-0.05, 0) is 29.4 Å². The van der Waals surface area contributed by atoms with Crippen LogP contribution in [0.5, 0.6) is 0 Å². The lowest BCUT2D eigenvalue weighted by Crippen LogP contribution is -1.52. The van der Waals surface area contributed by atoms with Crippen LogP contribution in [0.15, 0.2) is 10.8 Å². The van der Waals surface area contributed by atoms with Crippen molar-refractivity contribution in [1.82, 2.24) is 0 Å². The largest absolute Gasteiger partial charge is 0.285 e. The van der Waals surface area contributed by atoms with Crippen LogP contribution in [0.3, 0.4) is 0 Å². The van der Waals surface area contributed by atoms with Crippen molar-refractivity contribution in [1.29, 1.82) is 0 Å². The lowest BCUT2D eigenvalue weighted by Gasteiger charge is -1.89. The number of allylic oxidation sites excluding steroid dienone is 1. The van der Waals surface area contributed by atoms with Gasteiger partial charge in [0, 0.05) is 10.8 Å². The third-order valence-corrected chi connectivity index (χ3v) is 1.86. The summed E-state index contributed by atoms with van der Waals surface area (Å²) >= 11 is 15.5. The van der Waals surface area contributed by atoms with E-state index in [2.05, 4.69) is 0 Å². The molecule has 0 aromatic rings. The third-order valence-electron chi connectivity index (χ3n) is 0.328. The van der Waals surface area contributed by atoms with E-state index >= 15 is 0 Å². The zero-order valence-corrected chi connectivity index (χ0v) is 7.23. The van der Waals surface area contributed by atoms with E-state index in [0.717, 1.165) is 5.82 Å². The highest BCUT2D eigenvalue weighted by Crippen LogP contribution is 2.58. The van der Waals surface area contributed by atoms with E-state index in [1.54, 1.807) is 6.92 Å². The molecule has 0 radical (unpaired) electrons. The van der Waals surface area contributed by atoms with Crippen LogP contribution in [0.25, 0.3) is 0 Å². The van der Waals surface area contributed by atoms with Crippen LogP contribution in [-0.4, -0.2) is 0 Å². The lowest BCUT2D eigenvalue weighted by molar-refractivity contribution is 0.597. The molecular formula is C3H4Cl3OP. The maximum atomic E-state index is 10.4. The molecule has 0 aliphatic carbocycles. The molecule has 0 saturated carbocycles. The summed E-state index contributed by atoms with van der Waals surface area (Å²) in [5, 5.41) is 0.346. The van der Waals surface area contributed by atoms with Crippen molar-refractivity contribution >= 4 is 39.9 Å². The minimum atomic E-state index is -3.07. The summed E-state index contributed by atoms with van der Waals surface area (Å²) in [6.07, 6.45) is 0. The van der Waals surface area contributed by atoms with E-state index in [1.165, 1.54) is 0 Å². The lowest BCUT2D eigenvalue weighted by atomic mass is 10.8. The maximum absolute atomic E-state index is 10.4. The second-order valence-corrected chi connectivity index (χ2v) is 6.61. The van der Waals surface area contributed by atoms with Gasteiger partial charge >= 0.3 is 0 Å². The summed E-state index contributed by atoms with van der Waals surface area (Å²) in [7, 11) is 0. The molecule has 0 atom stereocenters.